The van der Waals surface area contributed by atoms with Gasteiger partial charge in [0.1, 0.15) is 0 Å². The van der Waals surface area contributed by atoms with Crippen molar-refractivity contribution in [2.75, 3.05) is 0 Å². The molecule has 0 aromatic rings. The van der Waals surface area contributed by atoms with E-state index in [4.69, 9.17) is 11.8 Å². The van der Waals surface area contributed by atoms with Crippen molar-refractivity contribution in [3.8, 4) is 6.07 Å². The van der Waals surface area contributed by atoms with Crippen LogP contribution in [0.15, 0.2) is 0 Å². The van der Waals surface area contributed by atoms with Crippen LogP contribution in [-0.2, 0) is 19.7 Å². The quantitative estimate of drug-likeness (QED) is 0.621. The Bertz CT molecular complexity index is 685. The lowest BCUT2D eigenvalue weighted by molar-refractivity contribution is -0.0441. The van der Waals surface area contributed by atoms with E-state index in [0.717, 1.165) is 10.5 Å². The summed E-state index contributed by atoms with van der Waals surface area (Å²) in [5.41, 5.74) is -5.66. The molecule has 0 bridgehead atoms. The van der Waals surface area contributed by atoms with Crippen LogP contribution in [0.25, 0.3) is 4.85 Å². The lowest BCUT2D eigenvalue weighted by atomic mass is 10.0. The van der Waals surface area contributed by atoms with Crippen molar-refractivity contribution in [2.45, 2.75) is 42.9 Å². The first-order valence-corrected chi connectivity index (χ1v) is 8.96. The van der Waals surface area contributed by atoms with Crippen molar-refractivity contribution < 1.29 is 25.8 Å². The molecule has 0 heterocycles. The Morgan fingerprint density at radius 3 is 2.14 bits per heavy atom. The average Bonchev–Trinajstić information content (AvgIpc) is 2.39. The highest BCUT2D eigenvalue weighted by atomic mass is 32.3. The van der Waals surface area contributed by atoms with E-state index < -0.39 is 35.5 Å². The van der Waals surface area contributed by atoms with Crippen LogP contribution in [0.4, 0.5) is 13.2 Å². The molecule has 1 aliphatic rings. The summed E-state index contributed by atoms with van der Waals surface area (Å²) in [5, 5.41) is 7.82. The number of alkyl halides is 3. The first-order chi connectivity index (χ1) is 9.58. The zero-order valence-corrected chi connectivity index (χ0v) is 12.3. The van der Waals surface area contributed by atoms with E-state index in [9.17, 15) is 25.8 Å². The van der Waals surface area contributed by atoms with E-state index in [0.29, 0.717) is 12.8 Å². The zero-order valence-electron chi connectivity index (χ0n) is 10.7. The molecule has 0 saturated heterocycles. The molecule has 21 heavy (non-hydrogen) atoms. The van der Waals surface area contributed by atoms with E-state index in [-0.39, 0.29) is 12.8 Å². The summed E-state index contributed by atoms with van der Waals surface area (Å²) in [7, 11) is -10.0. The third kappa shape index (κ3) is 3.67. The summed E-state index contributed by atoms with van der Waals surface area (Å²) in [6.07, 6.45) is 2.26. The molecule has 6 nitrogen and oxygen atoms in total. The Labute approximate surface area is 121 Å². The van der Waals surface area contributed by atoms with Gasteiger partial charge in [0.25, 0.3) is 0 Å². The van der Waals surface area contributed by atoms with Crippen LogP contribution in [0.1, 0.15) is 32.1 Å². The normalized spacial score (nSPS) is 20.0. The van der Waals surface area contributed by atoms with Gasteiger partial charge in [0, 0.05) is 5.25 Å². The zero-order chi connectivity index (χ0) is 16.3. The maximum atomic E-state index is 12.7. The topological polar surface area (TPSA) is 91.4 Å². The second-order valence-corrected chi connectivity index (χ2v) is 8.81. The number of hydrogen-bond donors (Lipinski definition) is 1. The summed E-state index contributed by atoms with van der Waals surface area (Å²) < 4.78 is 73.6. The van der Waals surface area contributed by atoms with Gasteiger partial charge >= 0.3 is 20.5 Å². The van der Waals surface area contributed by atoms with Crippen molar-refractivity contribution in [1.29, 1.82) is 5.26 Å². The molecule has 1 rings (SSSR count). The van der Waals surface area contributed by atoms with Crippen molar-refractivity contribution in [2.24, 2.45) is 0 Å². The van der Waals surface area contributed by atoms with Crippen molar-refractivity contribution in [3.05, 3.63) is 11.4 Å². The number of nitrogens with zero attached hydrogens (tertiary/aromatic N) is 2. The SMILES string of the molecule is [C-]#[N+]C(C#N)=S(=O)(NS(=O)(=O)C(F)(F)F)C1CCCCC1. The predicted octanol–water partition coefficient (Wildman–Crippen LogP) is 1.53. The third-order valence-corrected chi connectivity index (χ3v) is 7.69. The molecule has 0 aliphatic heterocycles. The highest BCUT2D eigenvalue weighted by molar-refractivity contribution is 8.11. The van der Waals surface area contributed by atoms with Crippen LogP contribution in [-0.4, -0.2) is 28.4 Å². The van der Waals surface area contributed by atoms with Crippen molar-refractivity contribution in [3.63, 3.8) is 0 Å². The Hall–Kier alpha value is -1.30. The highest BCUT2D eigenvalue weighted by Crippen LogP contribution is 2.28. The number of halogens is 3. The predicted molar refractivity (Wildman–Crippen MR) is 70.3 cm³/mol. The van der Waals surface area contributed by atoms with Crippen LogP contribution in [0.2, 0.25) is 0 Å². The number of rotatable bonds is 3. The summed E-state index contributed by atoms with van der Waals surface area (Å²) in [4.78, 5) is 1.62. The van der Waals surface area contributed by atoms with E-state index in [1.807, 2.05) is 0 Å². The first kappa shape index (κ1) is 17.8. The molecule has 0 spiro atoms. The Morgan fingerprint density at radius 1 is 1.24 bits per heavy atom. The van der Waals surface area contributed by atoms with Gasteiger partial charge in [0.15, 0.2) is 0 Å². The molecule has 1 N–H and O–H groups in total. The molecule has 1 aliphatic carbocycles. The standard InChI is InChI=1S/C10H12F3N3O3S2/c1-15-9(7-14)20(17,8-5-3-2-4-6-8)16-21(18,19)10(11,12)13/h8H,2-6H2,(H,16,17). The lowest BCUT2D eigenvalue weighted by Crippen LogP contribution is -2.47. The fourth-order valence-electron chi connectivity index (χ4n) is 2.03. The van der Waals surface area contributed by atoms with Gasteiger partial charge in [0.05, 0.1) is 22.3 Å². The molecule has 0 radical (unpaired) electrons. The maximum Gasteiger partial charge on any atom is 0.512 e. The number of hydrogen-bond acceptors (Lipinski definition) is 4. The third-order valence-electron chi connectivity index (χ3n) is 3.04. The molecule has 1 fully saturated rings. The fourth-order valence-corrected chi connectivity index (χ4v) is 6.16. The second kappa shape index (κ2) is 6.22. The van der Waals surface area contributed by atoms with E-state index in [2.05, 4.69) is 4.85 Å². The summed E-state index contributed by atoms with van der Waals surface area (Å²) in [5.74, 6) is 0. The lowest BCUT2D eigenvalue weighted by Gasteiger charge is -2.27. The van der Waals surface area contributed by atoms with Crippen LogP contribution in [0, 0.1) is 17.9 Å². The largest absolute Gasteiger partial charge is 0.512 e. The monoisotopic (exact) mass is 343 g/mol. The van der Waals surface area contributed by atoms with E-state index in [1.54, 1.807) is 0 Å². The van der Waals surface area contributed by atoms with Gasteiger partial charge < -0.3 is 0 Å². The van der Waals surface area contributed by atoms with Gasteiger partial charge in [0.2, 0.25) is 0 Å². The van der Waals surface area contributed by atoms with Gasteiger partial charge in [-0.25, -0.2) is 18.5 Å². The molecular weight excluding hydrogens is 331 g/mol. The first-order valence-electron chi connectivity index (χ1n) is 5.86. The molecule has 0 aromatic carbocycles. The van der Waals surface area contributed by atoms with Crippen LogP contribution in [0.5, 0.6) is 0 Å². The van der Waals surface area contributed by atoms with Gasteiger partial charge in [-0.15, -0.1) is 4.13 Å². The molecule has 11 heteroatoms. The number of sulfonamides is 1. The Balaban J connectivity index is 3.44. The molecule has 1 saturated carbocycles. The smallest absolute Gasteiger partial charge is 0.261 e. The van der Waals surface area contributed by atoms with Crippen LogP contribution in [0.3, 0.4) is 0 Å². The molecule has 1 atom stereocenters. The van der Waals surface area contributed by atoms with Crippen LogP contribution >= 0.6 is 0 Å². The minimum absolute atomic E-state index is 0.194. The Kier molecular flexibility index (Phi) is 5.25. The van der Waals surface area contributed by atoms with Gasteiger partial charge in [-0.2, -0.15) is 13.2 Å². The van der Waals surface area contributed by atoms with Crippen molar-refractivity contribution in [1.82, 2.24) is 4.13 Å². The number of nitriles is 1. The van der Waals surface area contributed by atoms with Crippen LogP contribution < -0.4 is 4.13 Å². The van der Waals surface area contributed by atoms with Gasteiger partial charge in [-0.3, -0.25) is 4.21 Å². The van der Waals surface area contributed by atoms with E-state index >= 15 is 0 Å². The van der Waals surface area contributed by atoms with Crippen molar-refractivity contribution >= 4 is 24.7 Å². The highest BCUT2D eigenvalue weighted by Gasteiger charge is 2.49. The molecule has 1 unspecified atom stereocenters. The second-order valence-electron chi connectivity index (χ2n) is 4.42. The van der Waals surface area contributed by atoms with Gasteiger partial charge in [-0.05, 0) is 12.8 Å². The number of nitrogens with one attached hydrogen (secondary N) is 1. The summed E-state index contributed by atoms with van der Waals surface area (Å²) in [6, 6.07) is 1.26. The Morgan fingerprint density at radius 2 is 1.76 bits per heavy atom. The molecule has 0 amide bonds. The summed E-state index contributed by atoms with van der Waals surface area (Å²) >= 11 is 0. The maximum absolute atomic E-state index is 12.7. The minimum atomic E-state index is -5.91. The van der Waals surface area contributed by atoms with E-state index in [1.165, 1.54) is 6.07 Å². The summed E-state index contributed by atoms with van der Waals surface area (Å²) in [6.45, 7) is 6.77. The minimum Gasteiger partial charge on any atom is -0.261 e. The van der Waals surface area contributed by atoms with Gasteiger partial charge in [-0.1, -0.05) is 19.3 Å². The molecular formula is C10H12F3N3O3S2. The molecule has 118 valence electrons. The molecule has 0 aromatic heterocycles. The fraction of sp³-hybridized carbons (Fsp3) is 0.700. The average molecular weight is 343 g/mol.